The summed E-state index contributed by atoms with van der Waals surface area (Å²) in [7, 11) is 0. The minimum Gasteiger partial charge on any atom is -0.508 e. The molecule has 0 heterocycles. The topological polar surface area (TPSA) is 58.3 Å². The normalized spacial score (nSPS) is 10.1. The molecule has 0 saturated carbocycles. The predicted octanol–water partition coefficient (Wildman–Crippen LogP) is 2.63. The van der Waals surface area contributed by atoms with Crippen LogP contribution in [-0.2, 0) is 6.42 Å². The summed E-state index contributed by atoms with van der Waals surface area (Å²) in [5, 5.41) is 12.5. The molecule has 4 N–H and O–H groups in total. The SMILES string of the molecule is Nc1ccccc1NCCc1ccc(O)cc1. The van der Waals surface area contributed by atoms with E-state index in [1.165, 1.54) is 5.56 Å². The monoisotopic (exact) mass is 228 g/mol. The van der Waals surface area contributed by atoms with Crippen molar-refractivity contribution in [2.24, 2.45) is 0 Å². The number of anilines is 2. The van der Waals surface area contributed by atoms with Crippen molar-refractivity contribution in [1.29, 1.82) is 0 Å². The first-order valence-electron chi connectivity index (χ1n) is 5.62. The fraction of sp³-hybridized carbons (Fsp3) is 0.143. The van der Waals surface area contributed by atoms with Gasteiger partial charge in [-0.05, 0) is 36.2 Å². The van der Waals surface area contributed by atoms with Gasteiger partial charge in [-0.1, -0.05) is 24.3 Å². The van der Waals surface area contributed by atoms with Gasteiger partial charge in [0.2, 0.25) is 0 Å². The molecule has 3 heteroatoms. The lowest BCUT2D eigenvalue weighted by atomic mass is 10.1. The van der Waals surface area contributed by atoms with Crippen LogP contribution in [0.4, 0.5) is 11.4 Å². The van der Waals surface area contributed by atoms with E-state index >= 15 is 0 Å². The van der Waals surface area contributed by atoms with Gasteiger partial charge in [-0.2, -0.15) is 0 Å². The predicted molar refractivity (Wildman–Crippen MR) is 71.2 cm³/mol. The van der Waals surface area contributed by atoms with E-state index in [4.69, 9.17) is 10.8 Å². The fourth-order valence-electron chi connectivity index (χ4n) is 1.66. The first kappa shape index (κ1) is 11.3. The molecule has 2 aromatic carbocycles. The molecule has 0 fully saturated rings. The van der Waals surface area contributed by atoms with Crippen LogP contribution in [0.2, 0.25) is 0 Å². The number of benzene rings is 2. The Morgan fingerprint density at radius 1 is 1.00 bits per heavy atom. The fourth-order valence-corrected chi connectivity index (χ4v) is 1.66. The number of nitrogen functional groups attached to an aromatic ring is 1. The quantitative estimate of drug-likeness (QED) is 0.705. The van der Waals surface area contributed by atoms with Crippen LogP contribution in [-0.4, -0.2) is 11.7 Å². The second-order valence-electron chi connectivity index (χ2n) is 3.93. The largest absolute Gasteiger partial charge is 0.508 e. The summed E-state index contributed by atoms with van der Waals surface area (Å²) in [6, 6.07) is 15.0. The third kappa shape index (κ3) is 3.14. The van der Waals surface area contributed by atoms with Crippen molar-refractivity contribution in [3.05, 3.63) is 54.1 Å². The molecule has 0 aliphatic heterocycles. The van der Waals surface area contributed by atoms with E-state index < -0.39 is 0 Å². The highest BCUT2D eigenvalue weighted by atomic mass is 16.3. The summed E-state index contributed by atoms with van der Waals surface area (Å²) < 4.78 is 0. The van der Waals surface area contributed by atoms with Crippen LogP contribution in [0.25, 0.3) is 0 Å². The highest BCUT2D eigenvalue weighted by molar-refractivity contribution is 5.65. The van der Waals surface area contributed by atoms with Crippen molar-refractivity contribution in [3.8, 4) is 5.75 Å². The maximum atomic E-state index is 9.16. The highest BCUT2D eigenvalue weighted by Gasteiger charge is 1.97. The van der Waals surface area contributed by atoms with Gasteiger partial charge in [0, 0.05) is 6.54 Å². The van der Waals surface area contributed by atoms with Crippen LogP contribution in [0.1, 0.15) is 5.56 Å². The van der Waals surface area contributed by atoms with E-state index in [2.05, 4.69) is 5.32 Å². The molecule has 0 spiro atoms. The van der Waals surface area contributed by atoms with Crippen molar-refractivity contribution < 1.29 is 5.11 Å². The molecule has 0 aromatic heterocycles. The maximum absolute atomic E-state index is 9.16. The van der Waals surface area contributed by atoms with E-state index in [1.54, 1.807) is 12.1 Å². The first-order chi connectivity index (χ1) is 8.25. The van der Waals surface area contributed by atoms with E-state index in [-0.39, 0.29) is 0 Å². The van der Waals surface area contributed by atoms with Gasteiger partial charge >= 0.3 is 0 Å². The first-order valence-corrected chi connectivity index (χ1v) is 5.62. The molecule has 0 unspecified atom stereocenters. The van der Waals surface area contributed by atoms with E-state index in [9.17, 15) is 0 Å². The number of nitrogens with one attached hydrogen (secondary N) is 1. The number of rotatable bonds is 4. The maximum Gasteiger partial charge on any atom is 0.115 e. The Kier molecular flexibility index (Phi) is 3.50. The number of phenols is 1. The second kappa shape index (κ2) is 5.25. The summed E-state index contributed by atoms with van der Waals surface area (Å²) in [4.78, 5) is 0. The average molecular weight is 228 g/mol. The zero-order valence-electron chi connectivity index (χ0n) is 9.56. The van der Waals surface area contributed by atoms with E-state index in [0.717, 1.165) is 24.3 Å². The molecular weight excluding hydrogens is 212 g/mol. The molecule has 0 aliphatic carbocycles. The minimum absolute atomic E-state index is 0.300. The lowest BCUT2D eigenvalue weighted by Crippen LogP contribution is -2.06. The molecule has 0 saturated heterocycles. The van der Waals surface area contributed by atoms with Gasteiger partial charge < -0.3 is 16.2 Å². The summed E-state index contributed by atoms with van der Waals surface area (Å²) in [6.45, 7) is 0.818. The van der Waals surface area contributed by atoms with Gasteiger partial charge in [0.25, 0.3) is 0 Å². The zero-order chi connectivity index (χ0) is 12.1. The van der Waals surface area contributed by atoms with Crippen LogP contribution < -0.4 is 11.1 Å². The molecule has 2 aromatic rings. The van der Waals surface area contributed by atoms with Crippen molar-refractivity contribution in [2.45, 2.75) is 6.42 Å². The molecule has 88 valence electrons. The number of para-hydroxylation sites is 2. The summed E-state index contributed by atoms with van der Waals surface area (Å²) in [5.74, 6) is 0.300. The van der Waals surface area contributed by atoms with Gasteiger partial charge in [-0.3, -0.25) is 0 Å². The van der Waals surface area contributed by atoms with Gasteiger partial charge in [0.05, 0.1) is 11.4 Å². The van der Waals surface area contributed by atoms with Crippen LogP contribution in [0.3, 0.4) is 0 Å². The third-order valence-corrected chi connectivity index (χ3v) is 2.63. The molecule has 3 nitrogen and oxygen atoms in total. The number of hydrogen-bond acceptors (Lipinski definition) is 3. The highest BCUT2D eigenvalue weighted by Crippen LogP contribution is 2.16. The Balaban J connectivity index is 1.88. The number of hydrogen-bond donors (Lipinski definition) is 3. The molecule has 0 aliphatic rings. The number of nitrogens with two attached hydrogens (primary N) is 1. The van der Waals surface area contributed by atoms with Gasteiger partial charge in [0.15, 0.2) is 0 Å². The van der Waals surface area contributed by atoms with Gasteiger partial charge in [-0.25, -0.2) is 0 Å². The second-order valence-corrected chi connectivity index (χ2v) is 3.93. The van der Waals surface area contributed by atoms with Crippen LogP contribution in [0.5, 0.6) is 5.75 Å². The summed E-state index contributed by atoms with van der Waals surface area (Å²) >= 11 is 0. The Bertz CT molecular complexity index is 480. The Labute approximate surface area is 101 Å². The van der Waals surface area contributed by atoms with E-state index in [0.29, 0.717) is 5.75 Å². The van der Waals surface area contributed by atoms with Crippen LogP contribution in [0.15, 0.2) is 48.5 Å². The number of aromatic hydroxyl groups is 1. The summed E-state index contributed by atoms with van der Waals surface area (Å²) in [5.41, 5.74) is 8.74. The van der Waals surface area contributed by atoms with Crippen molar-refractivity contribution in [2.75, 3.05) is 17.6 Å². The average Bonchev–Trinajstić information content (AvgIpc) is 2.34. The Morgan fingerprint density at radius 2 is 1.71 bits per heavy atom. The molecule has 2 rings (SSSR count). The lowest BCUT2D eigenvalue weighted by Gasteiger charge is -2.08. The third-order valence-electron chi connectivity index (χ3n) is 2.63. The molecular formula is C14H16N2O. The Morgan fingerprint density at radius 3 is 2.41 bits per heavy atom. The van der Waals surface area contributed by atoms with Crippen molar-refractivity contribution in [1.82, 2.24) is 0 Å². The van der Waals surface area contributed by atoms with Crippen molar-refractivity contribution in [3.63, 3.8) is 0 Å². The molecule has 17 heavy (non-hydrogen) atoms. The van der Waals surface area contributed by atoms with Gasteiger partial charge in [0.1, 0.15) is 5.75 Å². The molecule has 0 atom stereocenters. The Hall–Kier alpha value is -2.16. The minimum atomic E-state index is 0.300. The molecule has 0 radical (unpaired) electrons. The smallest absolute Gasteiger partial charge is 0.115 e. The number of phenolic OH excluding ortho intramolecular Hbond substituents is 1. The van der Waals surface area contributed by atoms with Gasteiger partial charge in [-0.15, -0.1) is 0 Å². The molecule has 0 bridgehead atoms. The van der Waals surface area contributed by atoms with Crippen LogP contribution in [0, 0.1) is 0 Å². The van der Waals surface area contributed by atoms with Crippen molar-refractivity contribution >= 4 is 11.4 Å². The lowest BCUT2D eigenvalue weighted by molar-refractivity contribution is 0.475. The standard InChI is InChI=1S/C14H16N2O/c15-13-3-1-2-4-14(13)16-10-9-11-5-7-12(17)8-6-11/h1-8,16-17H,9-10,15H2. The van der Waals surface area contributed by atoms with E-state index in [1.807, 2.05) is 36.4 Å². The molecule has 0 amide bonds. The van der Waals surface area contributed by atoms with Crippen LogP contribution >= 0.6 is 0 Å². The zero-order valence-corrected chi connectivity index (χ0v) is 9.56. The summed E-state index contributed by atoms with van der Waals surface area (Å²) in [6.07, 6.45) is 0.897.